The topological polar surface area (TPSA) is 21.3 Å². The first-order valence-corrected chi connectivity index (χ1v) is 7.18. The number of rotatable bonds is 2. The van der Waals surface area contributed by atoms with E-state index in [1.165, 1.54) is 16.7 Å². The molecular formula is C18H21NO. The molecule has 3 rings (SSSR count). The fourth-order valence-corrected chi connectivity index (χ4v) is 2.68. The molecule has 0 bridgehead atoms. The summed E-state index contributed by atoms with van der Waals surface area (Å²) in [5, 5.41) is 3.44. The van der Waals surface area contributed by atoms with Crippen molar-refractivity contribution >= 4 is 0 Å². The SMILES string of the molecule is CC1(C)CNCC(c2ccc(-c3ccccc3)cc2)O1. The van der Waals surface area contributed by atoms with E-state index in [1.807, 2.05) is 6.07 Å². The van der Waals surface area contributed by atoms with Crippen LogP contribution in [0, 0.1) is 0 Å². The number of morpholine rings is 1. The molecule has 0 saturated carbocycles. The zero-order valence-corrected chi connectivity index (χ0v) is 12.1. The van der Waals surface area contributed by atoms with E-state index in [-0.39, 0.29) is 11.7 Å². The molecule has 0 aliphatic carbocycles. The summed E-state index contributed by atoms with van der Waals surface area (Å²) in [6.07, 6.45) is 0.142. The second-order valence-electron chi connectivity index (χ2n) is 5.99. The van der Waals surface area contributed by atoms with Crippen LogP contribution in [0.1, 0.15) is 25.5 Å². The quantitative estimate of drug-likeness (QED) is 0.893. The molecule has 1 heterocycles. The molecule has 1 aliphatic heterocycles. The molecule has 1 unspecified atom stereocenters. The number of hydrogen-bond donors (Lipinski definition) is 1. The van der Waals surface area contributed by atoms with Crippen LogP contribution in [0.4, 0.5) is 0 Å². The van der Waals surface area contributed by atoms with Crippen LogP contribution >= 0.6 is 0 Å². The van der Waals surface area contributed by atoms with Crippen LogP contribution in [0.15, 0.2) is 54.6 Å². The second-order valence-corrected chi connectivity index (χ2v) is 5.99. The summed E-state index contributed by atoms with van der Waals surface area (Å²) in [5.74, 6) is 0. The average molecular weight is 267 g/mol. The van der Waals surface area contributed by atoms with E-state index in [0.29, 0.717) is 0 Å². The molecule has 0 amide bonds. The van der Waals surface area contributed by atoms with Gasteiger partial charge >= 0.3 is 0 Å². The van der Waals surface area contributed by atoms with Crippen molar-refractivity contribution in [2.45, 2.75) is 25.6 Å². The Morgan fingerprint density at radius 2 is 1.60 bits per heavy atom. The first-order valence-electron chi connectivity index (χ1n) is 7.18. The predicted molar refractivity (Wildman–Crippen MR) is 82.7 cm³/mol. The minimum Gasteiger partial charge on any atom is -0.365 e. The van der Waals surface area contributed by atoms with Crippen molar-refractivity contribution in [3.8, 4) is 11.1 Å². The molecule has 20 heavy (non-hydrogen) atoms. The van der Waals surface area contributed by atoms with Gasteiger partial charge in [-0.25, -0.2) is 0 Å². The normalized spacial score (nSPS) is 21.6. The van der Waals surface area contributed by atoms with Crippen LogP contribution < -0.4 is 5.32 Å². The number of ether oxygens (including phenoxy) is 1. The summed E-state index contributed by atoms with van der Waals surface area (Å²) in [6, 6.07) is 19.2. The summed E-state index contributed by atoms with van der Waals surface area (Å²) in [7, 11) is 0. The van der Waals surface area contributed by atoms with Crippen molar-refractivity contribution in [1.82, 2.24) is 5.32 Å². The van der Waals surface area contributed by atoms with Gasteiger partial charge in [-0.2, -0.15) is 0 Å². The molecule has 2 heteroatoms. The average Bonchev–Trinajstić information content (AvgIpc) is 2.47. The molecule has 1 saturated heterocycles. The minimum absolute atomic E-state index is 0.0962. The lowest BCUT2D eigenvalue weighted by atomic mass is 9.99. The fraction of sp³-hybridized carbons (Fsp3) is 0.333. The Kier molecular flexibility index (Phi) is 3.60. The molecule has 104 valence electrons. The highest BCUT2D eigenvalue weighted by Crippen LogP contribution is 2.28. The Morgan fingerprint density at radius 3 is 2.25 bits per heavy atom. The van der Waals surface area contributed by atoms with E-state index in [0.717, 1.165) is 13.1 Å². The van der Waals surface area contributed by atoms with Crippen LogP contribution in [0.3, 0.4) is 0 Å². The second kappa shape index (κ2) is 5.39. The molecule has 0 radical (unpaired) electrons. The smallest absolute Gasteiger partial charge is 0.0957 e. The molecule has 2 aromatic carbocycles. The Morgan fingerprint density at radius 1 is 0.950 bits per heavy atom. The molecule has 1 fully saturated rings. The van der Waals surface area contributed by atoms with Crippen molar-refractivity contribution in [2.75, 3.05) is 13.1 Å². The maximum absolute atomic E-state index is 6.14. The highest BCUT2D eigenvalue weighted by molar-refractivity contribution is 5.63. The zero-order valence-electron chi connectivity index (χ0n) is 12.1. The molecule has 1 atom stereocenters. The van der Waals surface area contributed by atoms with Crippen LogP contribution in [0.5, 0.6) is 0 Å². The lowest BCUT2D eigenvalue weighted by Gasteiger charge is -2.36. The van der Waals surface area contributed by atoms with Crippen molar-refractivity contribution < 1.29 is 4.74 Å². The van der Waals surface area contributed by atoms with E-state index >= 15 is 0 Å². The first kappa shape index (κ1) is 13.3. The molecule has 0 spiro atoms. The summed E-state index contributed by atoms with van der Waals surface area (Å²) < 4.78 is 6.14. The third kappa shape index (κ3) is 2.92. The fourth-order valence-electron chi connectivity index (χ4n) is 2.68. The van der Waals surface area contributed by atoms with E-state index in [1.54, 1.807) is 0 Å². The highest BCUT2D eigenvalue weighted by atomic mass is 16.5. The van der Waals surface area contributed by atoms with Crippen LogP contribution in [0.2, 0.25) is 0 Å². The van der Waals surface area contributed by atoms with Crippen molar-refractivity contribution in [2.24, 2.45) is 0 Å². The van der Waals surface area contributed by atoms with Crippen LogP contribution in [-0.2, 0) is 4.74 Å². The lowest BCUT2D eigenvalue weighted by Crippen LogP contribution is -2.46. The van der Waals surface area contributed by atoms with E-state index in [9.17, 15) is 0 Å². The van der Waals surface area contributed by atoms with Crippen molar-refractivity contribution in [3.05, 3.63) is 60.2 Å². The zero-order chi connectivity index (χ0) is 14.0. The van der Waals surface area contributed by atoms with E-state index < -0.39 is 0 Å². The van der Waals surface area contributed by atoms with Gasteiger partial charge in [-0.05, 0) is 30.5 Å². The first-order chi connectivity index (χ1) is 9.64. The Labute approximate surface area is 120 Å². The van der Waals surface area contributed by atoms with Gasteiger partial charge in [-0.15, -0.1) is 0 Å². The van der Waals surface area contributed by atoms with Gasteiger partial charge in [0.05, 0.1) is 11.7 Å². The van der Waals surface area contributed by atoms with Gasteiger partial charge in [-0.1, -0.05) is 54.6 Å². The van der Waals surface area contributed by atoms with Gasteiger partial charge < -0.3 is 10.1 Å². The highest BCUT2D eigenvalue weighted by Gasteiger charge is 2.28. The summed E-state index contributed by atoms with van der Waals surface area (Å²) in [4.78, 5) is 0. The summed E-state index contributed by atoms with van der Waals surface area (Å²) in [5.41, 5.74) is 3.64. The van der Waals surface area contributed by atoms with E-state index in [4.69, 9.17) is 4.74 Å². The van der Waals surface area contributed by atoms with Gasteiger partial charge in [0.2, 0.25) is 0 Å². The van der Waals surface area contributed by atoms with Gasteiger partial charge in [0.1, 0.15) is 0 Å². The van der Waals surface area contributed by atoms with Gasteiger partial charge in [0, 0.05) is 13.1 Å². The molecule has 0 aromatic heterocycles. The number of benzene rings is 2. The largest absolute Gasteiger partial charge is 0.365 e. The summed E-state index contributed by atoms with van der Waals surface area (Å²) >= 11 is 0. The Balaban J connectivity index is 1.80. The maximum Gasteiger partial charge on any atom is 0.0957 e. The predicted octanol–water partition coefficient (Wildman–Crippen LogP) is 3.79. The molecule has 1 aliphatic rings. The third-order valence-corrected chi connectivity index (χ3v) is 3.73. The monoisotopic (exact) mass is 267 g/mol. The van der Waals surface area contributed by atoms with Gasteiger partial charge in [0.15, 0.2) is 0 Å². The Bertz CT molecular complexity index is 560. The third-order valence-electron chi connectivity index (χ3n) is 3.73. The standard InChI is InChI=1S/C18H21NO/c1-18(2)13-19-12-17(20-18)16-10-8-15(9-11-16)14-6-4-3-5-7-14/h3-11,17,19H,12-13H2,1-2H3. The minimum atomic E-state index is -0.0962. The Hall–Kier alpha value is -1.64. The van der Waals surface area contributed by atoms with Gasteiger partial charge in [0.25, 0.3) is 0 Å². The number of nitrogens with one attached hydrogen (secondary N) is 1. The number of hydrogen-bond acceptors (Lipinski definition) is 2. The summed E-state index contributed by atoms with van der Waals surface area (Å²) in [6.45, 7) is 6.05. The molecule has 1 N–H and O–H groups in total. The van der Waals surface area contributed by atoms with Crippen LogP contribution in [-0.4, -0.2) is 18.7 Å². The maximum atomic E-state index is 6.14. The molecular weight excluding hydrogens is 246 g/mol. The molecule has 2 aromatic rings. The van der Waals surface area contributed by atoms with Crippen molar-refractivity contribution in [3.63, 3.8) is 0 Å². The lowest BCUT2D eigenvalue weighted by molar-refractivity contribution is -0.0958. The van der Waals surface area contributed by atoms with Crippen molar-refractivity contribution in [1.29, 1.82) is 0 Å². The van der Waals surface area contributed by atoms with Gasteiger partial charge in [-0.3, -0.25) is 0 Å². The van der Waals surface area contributed by atoms with E-state index in [2.05, 4.69) is 67.7 Å². The van der Waals surface area contributed by atoms with Crippen LogP contribution in [0.25, 0.3) is 11.1 Å². The molecule has 2 nitrogen and oxygen atoms in total.